The Bertz CT molecular complexity index is 993. The van der Waals surface area contributed by atoms with Crippen LogP contribution in [-0.4, -0.2) is 7.11 Å². The molecular formula is C28H26O. The van der Waals surface area contributed by atoms with Crippen molar-refractivity contribution in [3.63, 3.8) is 0 Å². The second kappa shape index (κ2) is 8.36. The first-order valence-electron chi connectivity index (χ1n) is 10.0. The van der Waals surface area contributed by atoms with Gasteiger partial charge in [0, 0.05) is 5.41 Å². The van der Waals surface area contributed by atoms with Gasteiger partial charge in [-0.25, -0.2) is 0 Å². The molecule has 0 aromatic heterocycles. The Morgan fingerprint density at radius 1 is 0.586 bits per heavy atom. The average molecular weight is 379 g/mol. The highest BCUT2D eigenvalue weighted by molar-refractivity contribution is 5.53. The van der Waals surface area contributed by atoms with Gasteiger partial charge in [-0.2, -0.15) is 0 Å². The van der Waals surface area contributed by atoms with Crippen molar-refractivity contribution in [2.75, 3.05) is 7.11 Å². The van der Waals surface area contributed by atoms with Crippen LogP contribution in [-0.2, 0) is 11.8 Å². The zero-order chi connectivity index (χ0) is 20.1. The summed E-state index contributed by atoms with van der Waals surface area (Å²) in [5.41, 5.74) is 6.15. The molecule has 0 amide bonds. The van der Waals surface area contributed by atoms with Gasteiger partial charge in [-0.1, -0.05) is 103 Å². The Kier molecular flexibility index (Phi) is 5.48. The van der Waals surface area contributed by atoms with Gasteiger partial charge in [-0.05, 0) is 47.7 Å². The number of benzene rings is 4. The summed E-state index contributed by atoms with van der Waals surface area (Å²) in [6.45, 7) is 2.13. The van der Waals surface area contributed by atoms with Crippen molar-refractivity contribution in [1.29, 1.82) is 0 Å². The van der Waals surface area contributed by atoms with E-state index in [0.29, 0.717) is 0 Å². The Morgan fingerprint density at radius 3 is 1.55 bits per heavy atom. The molecule has 0 aliphatic rings. The van der Waals surface area contributed by atoms with Gasteiger partial charge in [0.15, 0.2) is 0 Å². The van der Waals surface area contributed by atoms with Crippen molar-refractivity contribution in [3.05, 3.63) is 137 Å². The quantitative estimate of drug-likeness (QED) is 0.344. The third kappa shape index (κ3) is 3.82. The molecule has 0 fully saturated rings. The maximum Gasteiger partial charge on any atom is 0.118 e. The summed E-state index contributed by atoms with van der Waals surface area (Å²) in [5.74, 6) is 0.874. The van der Waals surface area contributed by atoms with Crippen LogP contribution >= 0.6 is 0 Å². The lowest BCUT2D eigenvalue weighted by Crippen LogP contribution is -2.32. The number of methoxy groups -OCH3 is 1. The van der Waals surface area contributed by atoms with E-state index < -0.39 is 0 Å². The van der Waals surface area contributed by atoms with E-state index in [4.69, 9.17) is 4.74 Å². The monoisotopic (exact) mass is 378 g/mol. The molecule has 0 N–H and O–H groups in total. The number of ether oxygens (including phenoxy) is 1. The van der Waals surface area contributed by atoms with Crippen LogP contribution < -0.4 is 4.74 Å². The number of rotatable bonds is 6. The third-order valence-corrected chi connectivity index (χ3v) is 5.71. The van der Waals surface area contributed by atoms with Gasteiger partial charge in [0.25, 0.3) is 0 Å². The van der Waals surface area contributed by atoms with Gasteiger partial charge >= 0.3 is 0 Å². The summed E-state index contributed by atoms with van der Waals surface area (Å²) in [4.78, 5) is 0. The molecule has 0 bridgehead atoms. The van der Waals surface area contributed by atoms with Gasteiger partial charge in [0.2, 0.25) is 0 Å². The van der Waals surface area contributed by atoms with E-state index in [0.717, 1.165) is 12.2 Å². The summed E-state index contributed by atoms with van der Waals surface area (Å²) in [6.07, 6.45) is 0.883. The summed E-state index contributed by atoms with van der Waals surface area (Å²) in [6, 6.07) is 39.1. The van der Waals surface area contributed by atoms with Crippen LogP contribution in [0.3, 0.4) is 0 Å². The summed E-state index contributed by atoms with van der Waals surface area (Å²) in [7, 11) is 1.71. The van der Waals surface area contributed by atoms with Crippen LogP contribution in [0, 0.1) is 6.92 Å². The van der Waals surface area contributed by atoms with E-state index in [2.05, 4.69) is 116 Å². The molecule has 1 nitrogen and oxygen atoms in total. The smallest absolute Gasteiger partial charge is 0.118 e. The van der Waals surface area contributed by atoms with Crippen molar-refractivity contribution in [2.45, 2.75) is 18.8 Å². The van der Waals surface area contributed by atoms with Crippen LogP contribution in [0.25, 0.3) is 0 Å². The highest BCUT2D eigenvalue weighted by Crippen LogP contribution is 2.42. The van der Waals surface area contributed by atoms with E-state index in [-0.39, 0.29) is 5.41 Å². The second-order valence-corrected chi connectivity index (χ2v) is 7.53. The van der Waals surface area contributed by atoms with Gasteiger partial charge < -0.3 is 4.74 Å². The Labute approximate surface area is 173 Å². The lowest BCUT2D eigenvalue weighted by atomic mass is 9.66. The fourth-order valence-corrected chi connectivity index (χ4v) is 4.14. The molecular weight excluding hydrogens is 352 g/mol. The van der Waals surface area contributed by atoms with Crippen molar-refractivity contribution < 1.29 is 4.74 Å². The fraction of sp³-hybridized carbons (Fsp3) is 0.143. The van der Waals surface area contributed by atoms with Gasteiger partial charge in [0.05, 0.1) is 7.11 Å². The van der Waals surface area contributed by atoms with Crippen molar-refractivity contribution >= 4 is 0 Å². The predicted molar refractivity (Wildman–Crippen MR) is 121 cm³/mol. The summed E-state index contributed by atoms with van der Waals surface area (Å²) in [5, 5.41) is 0. The van der Waals surface area contributed by atoms with E-state index >= 15 is 0 Å². The molecule has 0 radical (unpaired) electrons. The molecule has 0 saturated heterocycles. The van der Waals surface area contributed by atoms with Crippen LogP contribution in [0.4, 0.5) is 0 Å². The van der Waals surface area contributed by atoms with E-state index in [1.807, 2.05) is 0 Å². The first-order chi connectivity index (χ1) is 14.2. The molecule has 29 heavy (non-hydrogen) atoms. The molecule has 0 aliphatic heterocycles. The van der Waals surface area contributed by atoms with Crippen LogP contribution in [0.5, 0.6) is 5.75 Å². The zero-order valence-electron chi connectivity index (χ0n) is 17.0. The number of hydrogen-bond acceptors (Lipinski definition) is 1. The predicted octanol–water partition coefficient (Wildman–Crippen LogP) is 6.58. The van der Waals surface area contributed by atoms with Crippen molar-refractivity contribution in [3.8, 4) is 5.75 Å². The largest absolute Gasteiger partial charge is 0.497 e. The minimum Gasteiger partial charge on any atom is -0.497 e. The molecule has 4 aromatic rings. The van der Waals surface area contributed by atoms with E-state index in [1.165, 1.54) is 27.8 Å². The minimum absolute atomic E-state index is 0.288. The average Bonchev–Trinajstić information content (AvgIpc) is 2.80. The van der Waals surface area contributed by atoms with Crippen molar-refractivity contribution in [1.82, 2.24) is 0 Å². The zero-order valence-corrected chi connectivity index (χ0v) is 17.0. The standard InChI is InChI=1S/C28H26O/c1-22-13-15-23(16-14-22)21-28(24-9-5-3-6-10-24,25-11-7-4-8-12-25)26-17-19-27(29-2)20-18-26/h3-20H,21H2,1-2H3. The topological polar surface area (TPSA) is 9.23 Å². The third-order valence-electron chi connectivity index (χ3n) is 5.71. The Morgan fingerprint density at radius 2 is 1.07 bits per heavy atom. The fourth-order valence-electron chi connectivity index (χ4n) is 4.14. The molecule has 0 spiro atoms. The molecule has 0 saturated carbocycles. The van der Waals surface area contributed by atoms with E-state index in [1.54, 1.807) is 7.11 Å². The molecule has 144 valence electrons. The SMILES string of the molecule is COc1ccc(C(Cc2ccc(C)cc2)(c2ccccc2)c2ccccc2)cc1. The van der Waals surface area contributed by atoms with E-state index in [9.17, 15) is 0 Å². The van der Waals surface area contributed by atoms with Crippen LogP contribution in [0.15, 0.2) is 109 Å². The molecule has 1 heteroatoms. The highest BCUT2D eigenvalue weighted by Gasteiger charge is 2.36. The lowest BCUT2D eigenvalue weighted by Gasteiger charge is -2.36. The number of hydrogen-bond donors (Lipinski definition) is 0. The first-order valence-corrected chi connectivity index (χ1v) is 10.0. The normalized spacial score (nSPS) is 11.2. The van der Waals surface area contributed by atoms with Crippen LogP contribution in [0.1, 0.15) is 27.8 Å². The maximum absolute atomic E-state index is 5.42. The second-order valence-electron chi connectivity index (χ2n) is 7.53. The Hall–Kier alpha value is -3.32. The van der Waals surface area contributed by atoms with Gasteiger partial charge in [0.1, 0.15) is 5.75 Å². The van der Waals surface area contributed by atoms with Gasteiger partial charge in [-0.15, -0.1) is 0 Å². The minimum atomic E-state index is -0.288. The maximum atomic E-state index is 5.42. The first kappa shape index (κ1) is 19.0. The molecule has 4 aromatic carbocycles. The molecule has 0 atom stereocenters. The molecule has 0 heterocycles. The molecule has 4 rings (SSSR count). The summed E-state index contributed by atoms with van der Waals surface area (Å²) < 4.78 is 5.42. The number of aryl methyl sites for hydroxylation is 1. The van der Waals surface area contributed by atoms with Crippen LogP contribution in [0.2, 0.25) is 0 Å². The molecule has 0 unspecified atom stereocenters. The lowest BCUT2D eigenvalue weighted by molar-refractivity contribution is 0.414. The highest BCUT2D eigenvalue weighted by atomic mass is 16.5. The van der Waals surface area contributed by atoms with Gasteiger partial charge in [-0.3, -0.25) is 0 Å². The summed E-state index contributed by atoms with van der Waals surface area (Å²) >= 11 is 0. The molecule has 0 aliphatic carbocycles. The Balaban J connectivity index is 1.97. The van der Waals surface area contributed by atoms with Crippen molar-refractivity contribution in [2.24, 2.45) is 0 Å².